The Hall–Kier alpha value is -0.710. The molecule has 0 bridgehead atoms. The van der Waals surface area contributed by atoms with Gasteiger partial charge in [0, 0.05) is 6.54 Å². The Morgan fingerprint density at radius 3 is 2.55 bits per heavy atom. The van der Waals surface area contributed by atoms with Gasteiger partial charge in [0.15, 0.2) is 6.19 Å². The maximum Gasteiger partial charge on any atom is 0.176 e. The molecule has 11 heavy (non-hydrogen) atoms. The van der Waals surface area contributed by atoms with E-state index in [1.807, 2.05) is 6.19 Å². The van der Waals surface area contributed by atoms with E-state index >= 15 is 0 Å². The molecule has 1 saturated carbocycles. The standard InChI is InChI=1S/C9H16N2/c1-2-9(7-11-8-10)5-3-4-6-9/h11H,2-7H2,1H3. The Morgan fingerprint density at radius 1 is 1.45 bits per heavy atom. The van der Waals surface area contributed by atoms with Crippen molar-refractivity contribution in [3.05, 3.63) is 0 Å². The van der Waals surface area contributed by atoms with Crippen LogP contribution in [0, 0.1) is 16.9 Å². The van der Waals surface area contributed by atoms with E-state index in [9.17, 15) is 0 Å². The van der Waals surface area contributed by atoms with Crippen LogP contribution >= 0.6 is 0 Å². The highest BCUT2D eigenvalue weighted by molar-refractivity contribution is 4.87. The highest BCUT2D eigenvalue weighted by atomic mass is 14.9. The number of hydrogen-bond acceptors (Lipinski definition) is 2. The third-order valence-corrected chi connectivity index (χ3v) is 2.96. The van der Waals surface area contributed by atoms with Crippen LogP contribution in [0.3, 0.4) is 0 Å². The molecule has 1 fully saturated rings. The van der Waals surface area contributed by atoms with Crippen LogP contribution in [0.1, 0.15) is 39.0 Å². The first-order valence-electron chi connectivity index (χ1n) is 4.45. The lowest BCUT2D eigenvalue weighted by Gasteiger charge is -2.25. The topological polar surface area (TPSA) is 35.8 Å². The van der Waals surface area contributed by atoms with E-state index in [1.54, 1.807) is 0 Å². The van der Waals surface area contributed by atoms with Gasteiger partial charge in [-0.15, -0.1) is 0 Å². The highest BCUT2D eigenvalue weighted by Crippen LogP contribution is 2.40. The Bertz CT molecular complexity index is 151. The molecule has 0 spiro atoms. The fourth-order valence-electron chi connectivity index (χ4n) is 2.01. The van der Waals surface area contributed by atoms with Crippen molar-refractivity contribution in [2.75, 3.05) is 6.54 Å². The van der Waals surface area contributed by atoms with Crippen LogP contribution in [0.25, 0.3) is 0 Å². The fraction of sp³-hybridized carbons (Fsp3) is 0.889. The molecule has 62 valence electrons. The predicted molar refractivity (Wildman–Crippen MR) is 44.8 cm³/mol. The summed E-state index contributed by atoms with van der Waals surface area (Å²) in [6, 6.07) is 0. The third kappa shape index (κ3) is 1.86. The van der Waals surface area contributed by atoms with E-state index in [4.69, 9.17) is 5.26 Å². The first kappa shape index (κ1) is 8.39. The minimum absolute atomic E-state index is 0.454. The summed E-state index contributed by atoms with van der Waals surface area (Å²) < 4.78 is 0. The minimum atomic E-state index is 0.454. The molecule has 2 nitrogen and oxygen atoms in total. The average Bonchev–Trinajstić information content (AvgIpc) is 2.50. The number of nitrogens with zero attached hydrogens (tertiary/aromatic N) is 1. The maximum atomic E-state index is 8.38. The molecule has 1 rings (SSSR count). The number of nitrogens with one attached hydrogen (secondary N) is 1. The Kier molecular flexibility index (Phi) is 2.76. The molecular weight excluding hydrogens is 136 g/mol. The summed E-state index contributed by atoms with van der Waals surface area (Å²) >= 11 is 0. The zero-order valence-electron chi connectivity index (χ0n) is 7.19. The lowest BCUT2D eigenvalue weighted by atomic mass is 9.83. The molecule has 0 aromatic heterocycles. The molecule has 1 aliphatic rings. The second-order valence-corrected chi connectivity index (χ2v) is 3.53. The molecule has 0 heterocycles. The van der Waals surface area contributed by atoms with Gasteiger partial charge in [0.05, 0.1) is 0 Å². The summed E-state index contributed by atoms with van der Waals surface area (Å²) in [4.78, 5) is 0. The van der Waals surface area contributed by atoms with Crippen molar-refractivity contribution in [3.8, 4) is 6.19 Å². The van der Waals surface area contributed by atoms with Crippen LogP contribution in [0.2, 0.25) is 0 Å². The third-order valence-electron chi connectivity index (χ3n) is 2.96. The van der Waals surface area contributed by atoms with Crippen molar-refractivity contribution in [1.29, 1.82) is 5.26 Å². The van der Waals surface area contributed by atoms with Crippen molar-refractivity contribution >= 4 is 0 Å². The first-order valence-corrected chi connectivity index (χ1v) is 4.45. The molecule has 0 aromatic rings. The van der Waals surface area contributed by atoms with E-state index in [1.165, 1.54) is 32.1 Å². The smallest absolute Gasteiger partial charge is 0.176 e. The van der Waals surface area contributed by atoms with Crippen LogP contribution in [-0.2, 0) is 0 Å². The summed E-state index contributed by atoms with van der Waals surface area (Å²) in [5, 5.41) is 11.2. The SMILES string of the molecule is CCC1(CNC#N)CCCC1. The summed E-state index contributed by atoms with van der Waals surface area (Å²) in [5.41, 5.74) is 0.454. The molecular formula is C9H16N2. The molecule has 0 unspecified atom stereocenters. The van der Waals surface area contributed by atoms with E-state index < -0.39 is 0 Å². The molecule has 0 atom stereocenters. The quantitative estimate of drug-likeness (QED) is 0.496. The summed E-state index contributed by atoms with van der Waals surface area (Å²) in [5.74, 6) is 0. The molecule has 1 aliphatic carbocycles. The molecule has 2 heteroatoms. The van der Waals surface area contributed by atoms with Crippen LogP contribution in [-0.4, -0.2) is 6.54 Å². The van der Waals surface area contributed by atoms with Gasteiger partial charge in [-0.2, -0.15) is 5.26 Å². The normalized spacial score (nSPS) is 21.1. The van der Waals surface area contributed by atoms with E-state index in [2.05, 4.69) is 12.2 Å². The first-order chi connectivity index (χ1) is 5.33. The molecule has 0 aromatic carbocycles. The van der Waals surface area contributed by atoms with Crippen LogP contribution in [0.5, 0.6) is 0 Å². The van der Waals surface area contributed by atoms with Gasteiger partial charge in [0.25, 0.3) is 0 Å². The van der Waals surface area contributed by atoms with Crippen molar-refractivity contribution in [2.24, 2.45) is 5.41 Å². The average molecular weight is 152 g/mol. The van der Waals surface area contributed by atoms with Gasteiger partial charge in [-0.1, -0.05) is 19.8 Å². The Balaban J connectivity index is 2.40. The molecule has 0 saturated heterocycles. The van der Waals surface area contributed by atoms with Gasteiger partial charge >= 0.3 is 0 Å². The van der Waals surface area contributed by atoms with Crippen LogP contribution < -0.4 is 5.32 Å². The van der Waals surface area contributed by atoms with Crippen molar-refractivity contribution < 1.29 is 0 Å². The monoisotopic (exact) mass is 152 g/mol. The number of rotatable bonds is 3. The van der Waals surface area contributed by atoms with Gasteiger partial charge in [-0.05, 0) is 24.7 Å². The fourth-order valence-corrected chi connectivity index (χ4v) is 2.01. The van der Waals surface area contributed by atoms with Crippen LogP contribution in [0.15, 0.2) is 0 Å². The van der Waals surface area contributed by atoms with Crippen molar-refractivity contribution in [2.45, 2.75) is 39.0 Å². The minimum Gasteiger partial charge on any atom is -0.323 e. The Morgan fingerprint density at radius 2 is 2.09 bits per heavy atom. The molecule has 0 aliphatic heterocycles. The van der Waals surface area contributed by atoms with E-state index in [0.717, 1.165) is 6.54 Å². The summed E-state index contributed by atoms with van der Waals surface area (Å²) in [6.45, 7) is 3.12. The Labute approximate surface area is 68.6 Å². The van der Waals surface area contributed by atoms with Crippen molar-refractivity contribution in [1.82, 2.24) is 5.32 Å². The van der Waals surface area contributed by atoms with E-state index in [0.29, 0.717) is 5.41 Å². The van der Waals surface area contributed by atoms with Crippen LogP contribution in [0.4, 0.5) is 0 Å². The molecule has 0 radical (unpaired) electrons. The molecule has 1 N–H and O–H groups in total. The second kappa shape index (κ2) is 3.61. The zero-order valence-corrected chi connectivity index (χ0v) is 7.19. The predicted octanol–water partition coefficient (Wildman–Crippen LogP) is 2.03. The van der Waals surface area contributed by atoms with Gasteiger partial charge in [0.2, 0.25) is 0 Å². The highest BCUT2D eigenvalue weighted by Gasteiger charge is 2.31. The lowest BCUT2D eigenvalue weighted by molar-refractivity contribution is 0.282. The second-order valence-electron chi connectivity index (χ2n) is 3.53. The lowest BCUT2D eigenvalue weighted by Crippen LogP contribution is -2.28. The largest absolute Gasteiger partial charge is 0.323 e. The van der Waals surface area contributed by atoms with Gasteiger partial charge < -0.3 is 5.32 Å². The van der Waals surface area contributed by atoms with Gasteiger partial charge in [0.1, 0.15) is 0 Å². The molecule has 0 amide bonds. The zero-order chi connectivity index (χ0) is 8.16. The number of nitriles is 1. The van der Waals surface area contributed by atoms with Gasteiger partial charge in [-0.3, -0.25) is 0 Å². The summed E-state index contributed by atoms with van der Waals surface area (Å²) in [7, 11) is 0. The van der Waals surface area contributed by atoms with Crippen molar-refractivity contribution in [3.63, 3.8) is 0 Å². The maximum absolute atomic E-state index is 8.38. The van der Waals surface area contributed by atoms with Gasteiger partial charge in [-0.25, -0.2) is 0 Å². The summed E-state index contributed by atoms with van der Waals surface area (Å²) in [6.07, 6.45) is 8.52. The number of hydrogen-bond donors (Lipinski definition) is 1. The van der Waals surface area contributed by atoms with E-state index in [-0.39, 0.29) is 0 Å².